The van der Waals surface area contributed by atoms with Gasteiger partial charge in [0.25, 0.3) is 0 Å². The number of methoxy groups -OCH3 is 1. The third kappa shape index (κ3) is 2.79. The molecule has 1 heterocycles. The zero-order chi connectivity index (χ0) is 12.3. The first-order valence-electron chi connectivity index (χ1n) is 6.22. The highest BCUT2D eigenvalue weighted by Crippen LogP contribution is 2.31. The summed E-state index contributed by atoms with van der Waals surface area (Å²) in [7, 11) is 1.71. The van der Waals surface area contributed by atoms with Gasteiger partial charge in [-0.25, -0.2) is 0 Å². The van der Waals surface area contributed by atoms with Crippen LogP contribution in [-0.4, -0.2) is 26.8 Å². The van der Waals surface area contributed by atoms with Crippen LogP contribution >= 0.6 is 0 Å². The number of morpholine rings is 1. The van der Waals surface area contributed by atoms with E-state index in [9.17, 15) is 0 Å². The molecule has 3 nitrogen and oxygen atoms in total. The van der Waals surface area contributed by atoms with E-state index in [1.165, 1.54) is 5.56 Å². The Hall–Kier alpha value is -1.06. The number of hydrogen-bond acceptors (Lipinski definition) is 3. The molecule has 1 aliphatic rings. The van der Waals surface area contributed by atoms with Crippen LogP contribution in [0.3, 0.4) is 0 Å². The maximum atomic E-state index is 5.80. The summed E-state index contributed by atoms with van der Waals surface area (Å²) in [6.07, 6.45) is 0.109. The molecule has 0 aromatic heterocycles. The van der Waals surface area contributed by atoms with Crippen LogP contribution in [-0.2, 0) is 4.74 Å². The summed E-state index contributed by atoms with van der Waals surface area (Å²) in [5.41, 5.74) is 2.49. The minimum Gasteiger partial charge on any atom is -0.496 e. The Morgan fingerprint density at radius 1 is 1.41 bits per heavy atom. The second kappa shape index (κ2) is 5.52. The molecule has 0 radical (unpaired) electrons. The normalized spacial score (nSPS) is 20.6. The molecule has 3 heteroatoms. The van der Waals surface area contributed by atoms with Gasteiger partial charge in [-0.2, -0.15) is 0 Å². The second-order valence-corrected chi connectivity index (χ2v) is 4.72. The van der Waals surface area contributed by atoms with Crippen LogP contribution < -0.4 is 10.1 Å². The fraction of sp³-hybridized carbons (Fsp3) is 0.571. The summed E-state index contributed by atoms with van der Waals surface area (Å²) in [5, 5.41) is 3.35. The van der Waals surface area contributed by atoms with Crippen LogP contribution in [0.1, 0.15) is 37.0 Å². The molecule has 1 saturated heterocycles. The summed E-state index contributed by atoms with van der Waals surface area (Å²) in [4.78, 5) is 0. The average Bonchev–Trinajstić information content (AvgIpc) is 2.39. The third-order valence-corrected chi connectivity index (χ3v) is 3.19. The Kier molecular flexibility index (Phi) is 4.02. The minimum absolute atomic E-state index is 0.109. The topological polar surface area (TPSA) is 30.5 Å². The van der Waals surface area contributed by atoms with E-state index in [-0.39, 0.29) is 6.10 Å². The van der Waals surface area contributed by atoms with Gasteiger partial charge in [-0.15, -0.1) is 0 Å². The molecule has 94 valence electrons. The van der Waals surface area contributed by atoms with Gasteiger partial charge in [0.2, 0.25) is 0 Å². The molecule has 1 N–H and O–H groups in total. The molecule has 1 aliphatic heterocycles. The van der Waals surface area contributed by atoms with Crippen LogP contribution in [0.25, 0.3) is 0 Å². The maximum Gasteiger partial charge on any atom is 0.124 e. The van der Waals surface area contributed by atoms with Gasteiger partial charge in [-0.1, -0.05) is 19.9 Å². The summed E-state index contributed by atoms with van der Waals surface area (Å²) in [6, 6.07) is 6.38. The van der Waals surface area contributed by atoms with Gasteiger partial charge in [-0.05, 0) is 23.6 Å². The van der Waals surface area contributed by atoms with Crippen LogP contribution in [0.5, 0.6) is 5.75 Å². The Balaban J connectivity index is 2.30. The van der Waals surface area contributed by atoms with Crippen molar-refractivity contribution in [3.63, 3.8) is 0 Å². The Bertz CT molecular complexity index is 370. The molecule has 1 atom stereocenters. The molecule has 2 rings (SSSR count). The lowest BCUT2D eigenvalue weighted by Gasteiger charge is -2.26. The van der Waals surface area contributed by atoms with Gasteiger partial charge in [0.05, 0.1) is 19.8 Å². The van der Waals surface area contributed by atoms with E-state index >= 15 is 0 Å². The average molecular weight is 235 g/mol. The molecule has 1 fully saturated rings. The monoisotopic (exact) mass is 235 g/mol. The van der Waals surface area contributed by atoms with E-state index in [0.29, 0.717) is 5.92 Å². The zero-order valence-corrected chi connectivity index (χ0v) is 10.8. The van der Waals surface area contributed by atoms with Gasteiger partial charge in [-0.3, -0.25) is 0 Å². The summed E-state index contributed by atoms with van der Waals surface area (Å²) >= 11 is 0. The van der Waals surface area contributed by atoms with Crippen molar-refractivity contribution in [1.29, 1.82) is 0 Å². The lowest BCUT2D eigenvalue weighted by atomic mass is 9.97. The highest BCUT2D eigenvalue weighted by atomic mass is 16.5. The van der Waals surface area contributed by atoms with Gasteiger partial charge in [0.1, 0.15) is 5.75 Å². The molecular formula is C14H21NO2. The number of ether oxygens (including phenoxy) is 2. The first-order chi connectivity index (χ1) is 8.22. The molecule has 17 heavy (non-hydrogen) atoms. The number of nitrogens with one attached hydrogen (secondary N) is 1. The van der Waals surface area contributed by atoms with Crippen molar-refractivity contribution in [3.05, 3.63) is 29.3 Å². The van der Waals surface area contributed by atoms with Crippen LogP contribution in [0, 0.1) is 0 Å². The molecule has 0 bridgehead atoms. The van der Waals surface area contributed by atoms with Gasteiger partial charge in [0.15, 0.2) is 0 Å². The van der Waals surface area contributed by atoms with E-state index in [1.54, 1.807) is 7.11 Å². The Labute approximate surface area is 103 Å². The van der Waals surface area contributed by atoms with E-state index in [4.69, 9.17) is 9.47 Å². The Morgan fingerprint density at radius 2 is 2.24 bits per heavy atom. The fourth-order valence-corrected chi connectivity index (χ4v) is 2.13. The predicted molar refractivity (Wildman–Crippen MR) is 68.6 cm³/mol. The van der Waals surface area contributed by atoms with Crippen molar-refractivity contribution >= 4 is 0 Å². The largest absolute Gasteiger partial charge is 0.496 e. The molecule has 0 amide bonds. The fourth-order valence-electron chi connectivity index (χ4n) is 2.13. The van der Waals surface area contributed by atoms with Gasteiger partial charge >= 0.3 is 0 Å². The summed E-state index contributed by atoms with van der Waals surface area (Å²) in [5.74, 6) is 1.44. The second-order valence-electron chi connectivity index (χ2n) is 4.72. The molecule has 1 aromatic carbocycles. The van der Waals surface area contributed by atoms with Crippen LogP contribution in [0.15, 0.2) is 18.2 Å². The van der Waals surface area contributed by atoms with Crippen LogP contribution in [0.2, 0.25) is 0 Å². The van der Waals surface area contributed by atoms with E-state index in [2.05, 4.69) is 31.3 Å². The van der Waals surface area contributed by atoms with Crippen LogP contribution in [0.4, 0.5) is 0 Å². The van der Waals surface area contributed by atoms with Crippen molar-refractivity contribution in [2.24, 2.45) is 0 Å². The van der Waals surface area contributed by atoms with Gasteiger partial charge in [0, 0.05) is 18.7 Å². The van der Waals surface area contributed by atoms with E-state index < -0.39 is 0 Å². The van der Waals surface area contributed by atoms with E-state index in [0.717, 1.165) is 31.0 Å². The summed E-state index contributed by atoms with van der Waals surface area (Å²) < 4.78 is 11.2. The zero-order valence-electron chi connectivity index (χ0n) is 10.8. The minimum atomic E-state index is 0.109. The van der Waals surface area contributed by atoms with Crippen molar-refractivity contribution in [1.82, 2.24) is 5.32 Å². The molecule has 0 spiro atoms. The highest BCUT2D eigenvalue weighted by Gasteiger charge is 2.20. The molecule has 1 unspecified atom stereocenters. The van der Waals surface area contributed by atoms with Crippen molar-refractivity contribution in [3.8, 4) is 5.75 Å². The number of hydrogen-bond donors (Lipinski definition) is 1. The lowest BCUT2D eigenvalue weighted by Crippen LogP contribution is -2.33. The molecular weight excluding hydrogens is 214 g/mol. The van der Waals surface area contributed by atoms with Crippen molar-refractivity contribution in [2.45, 2.75) is 25.9 Å². The lowest BCUT2D eigenvalue weighted by molar-refractivity contribution is 0.0262. The van der Waals surface area contributed by atoms with E-state index in [1.807, 2.05) is 6.07 Å². The third-order valence-electron chi connectivity index (χ3n) is 3.19. The molecule has 0 aliphatic carbocycles. The van der Waals surface area contributed by atoms with Crippen molar-refractivity contribution < 1.29 is 9.47 Å². The molecule has 0 saturated carbocycles. The number of rotatable bonds is 3. The van der Waals surface area contributed by atoms with Gasteiger partial charge < -0.3 is 14.8 Å². The first kappa shape index (κ1) is 12.4. The molecule has 1 aromatic rings. The first-order valence-corrected chi connectivity index (χ1v) is 6.22. The summed E-state index contributed by atoms with van der Waals surface area (Å²) in [6.45, 7) is 6.96. The maximum absolute atomic E-state index is 5.80. The smallest absolute Gasteiger partial charge is 0.124 e. The number of benzene rings is 1. The predicted octanol–water partition coefficient (Wildman–Crippen LogP) is 2.48. The SMILES string of the molecule is COc1ccc(C(C)C)cc1C1CNCCO1. The standard InChI is InChI=1S/C14H21NO2/c1-10(2)11-4-5-13(16-3)12(8-11)14-9-15-6-7-17-14/h4-5,8,10,14-15H,6-7,9H2,1-3H3. The Morgan fingerprint density at radius 3 is 2.82 bits per heavy atom. The highest BCUT2D eigenvalue weighted by molar-refractivity contribution is 5.40. The quantitative estimate of drug-likeness (QED) is 0.873. The van der Waals surface area contributed by atoms with Crippen molar-refractivity contribution in [2.75, 3.05) is 26.8 Å².